The molecule has 0 saturated heterocycles. The van der Waals surface area contributed by atoms with Crippen molar-refractivity contribution in [3.63, 3.8) is 0 Å². The van der Waals surface area contributed by atoms with E-state index in [-0.39, 0.29) is 17.0 Å². The molecule has 0 saturated carbocycles. The van der Waals surface area contributed by atoms with Gasteiger partial charge in [0.2, 0.25) is 5.78 Å². The predicted octanol–water partition coefficient (Wildman–Crippen LogP) is 2.56. The number of carbonyl (C=O) groups excluding carboxylic acids is 1. The normalized spacial score (nSPS) is 11.2. The average Bonchev–Trinajstić information content (AvgIpc) is 3.05. The second-order valence-electron chi connectivity index (χ2n) is 5.52. The van der Waals surface area contributed by atoms with Crippen LogP contribution in [0, 0.1) is 5.82 Å². The fourth-order valence-corrected chi connectivity index (χ4v) is 2.79. The monoisotopic (exact) mass is 321 g/mol. The molecule has 0 aliphatic heterocycles. The first kappa shape index (κ1) is 14.3. The largest absolute Gasteiger partial charge is 0.308 e. The molecule has 0 aliphatic carbocycles. The summed E-state index contributed by atoms with van der Waals surface area (Å²) in [5, 5.41) is 4.30. The van der Waals surface area contributed by atoms with Gasteiger partial charge in [-0.15, -0.1) is 0 Å². The van der Waals surface area contributed by atoms with Crippen LogP contribution >= 0.6 is 0 Å². The Kier molecular flexibility index (Phi) is 3.06. The Morgan fingerprint density at radius 2 is 1.67 bits per heavy atom. The van der Waals surface area contributed by atoms with E-state index in [1.165, 1.54) is 39.4 Å². The maximum atomic E-state index is 13.0. The summed E-state index contributed by atoms with van der Waals surface area (Å²) in [5.41, 5.74) is 2.00. The number of para-hydroxylation sites is 2. The molecule has 2 aromatic carbocycles. The first-order valence-corrected chi connectivity index (χ1v) is 7.34. The molecule has 0 amide bonds. The molecule has 0 atom stereocenters. The summed E-state index contributed by atoms with van der Waals surface area (Å²) in [7, 11) is 1.68. The number of fused-ring (bicyclic) bond motifs is 3. The molecule has 0 aliphatic rings. The number of aromatic nitrogens is 3. The molecule has 0 radical (unpaired) electrons. The van der Waals surface area contributed by atoms with Crippen molar-refractivity contribution in [1.82, 2.24) is 14.2 Å². The summed E-state index contributed by atoms with van der Waals surface area (Å²) < 4.78 is 16.0. The molecule has 4 rings (SSSR count). The Morgan fingerprint density at radius 1 is 1.00 bits per heavy atom. The van der Waals surface area contributed by atoms with Crippen molar-refractivity contribution >= 4 is 22.3 Å². The van der Waals surface area contributed by atoms with Gasteiger partial charge in [-0.1, -0.05) is 12.1 Å². The van der Waals surface area contributed by atoms with Gasteiger partial charge in [-0.2, -0.15) is 5.10 Å². The Balaban J connectivity index is 1.97. The lowest BCUT2D eigenvalue weighted by Crippen LogP contribution is -2.19. The van der Waals surface area contributed by atoms with Crippen LogP contribution in [0.25, 0.3) is 16.6 Å². The van der Waals surface area contributed by atoms with Gasteiger partial charge in [0.15, 0.2) is 0 Å². The van der Waals surface area contributed by atoms with Crippen LogP contribution in [0.4, 0.5) is 4.39 Å². The predicted molar refractivity (Wildman–Crippen MR) is 87.8 cm³/mol. The number of ketones is 1. The van der Waals surface area contributed by atoms with Gasteiger partial charge >= 0.3 is 0 Å². The summed E-state index contributed by atoms with van der Waals surface area (Å²) >= 11 is 0. The number of aryl methyl sites for hydroxylation is 1. The van der Waals surface area contributed by atoms with E-state index in [9.17, 15) is 14.0 Å². The lowest BCUT2D eigenvalue weighted by atomic mass is 10.1. The Bertz CT molecular complexity index is 1160. The molecule has 118 valence electrons. The Labute approximate surface area is 135 Å². The Morgan fingerprint density at radius 3 is 2.38 bits per heavy atom. The number of halogens is 1. The standard InChI is InChI=1S/C18H12FN3O2/c1-21-14-4-2-3-5-15(14)22-16(18(21)24)10-13(20-22)17(23)11-6-8-12(19)9-7-11/h2-10H,1H3. The summed E-state index contributed by atoms with van der Waals surface area (Å²) in [5.74, 6) is -0.772. The average molecular weight is 321 g/mol. The molecule has 0 fully saturated rings. The van der Waals surface area contributed by atoms with Gasteiger partial charge in [0, 0.05) is 18.7 Å². The molecule has 6 heteroatoms. The smallest absolute Gasteiger partial charge is 0.276 e. The topological polar surface area (TPSA) is 56.4 Å². The zero-order valence-corrected chi connectivity index (χ0v) is 12.7. The van der Waals surface area contributed by atoms with Gasteiger partial charge in [0.1, 0.15) is 17.0 Å². The highest BCUT2D eigenvalue weighted by Gasteiger charge is 2.17. The number of benzene rings is 2. The minimum absolute atomic E-state index is 0.148. The number of hydrogen-bond donors (Lipinski definition) is 0. The van der Waals surface area contributed by atoms with E-state index in [4.69, 9.17) is 0 Å². The molecule has 24 heavy (non-hydrogen) atoms. The molecule has 0 N–H and O–H groups in total. The molecule has 2 heterocycles. The van der Waals surface area contributed by atoms with Crippen LogP contribution in [0.2, 0.25) is 0 Å². The van der Waals surface area contributed by atoms with Crippen LogP contribution in [-0.4, -0.2) is 20.0 Å². The van der Waals surface area contributed by atoms with Crippen LogP contribution in [-0.2, 0) is 7.05 Å². The molecular formula is C18H12FN3O2. The van der Waals surface area contributed by atoms with Crippen molar-refractivity contribution in [3.05, 3.63) is 82.0 Å². The second-order valence-corrected chi connectivity index (χ2v) is 5.52. The Hall–Kier alpha value is -3.28. The van der Waals surface area contributed by atoms with Crippen LogP contribution in [0.15, 0.2) is 59.4 Å². The first-order chi connectivity index (χ1) is 11.6. The quantitative estimate of drug-likeness (QED) is 0.533. The lowest BCUT2D eigenvalue weighted by molar-refractivity contribution is 0.103. The molecule has 2 aromatic heterocycles. The van der Waals surface area contributed by atoms with Crippen molar-refractivity contribution < 1.29 is 9.18 Å². The van der Waals surface area contributed by atoms with Crippen LogP contribution in [0.3, 0.4) is 0 Å². The number of nitrogens with zero attached hydrogens (tertiary/aromatic N) is 3. The first-order valence-electron chi connectivity index (χ1n) is 7.34. The molecule has 0 bridgehead atoms. The van der Waals surface area contributed by atoms with Crippen LogP contribution in [0.5, 0.6) is 0 Å². The van der Waals surface area contributed by atoms with Gasteiger partial charge in [0.25, 0.3) is 5.56 Å². The maximum absolute atomic E-state index is 13.0. The third-order valence-corrected chi connectivity index (χ3v) is 4.04. The summed E-state index contributed by atoms with van der Waals surface area (Å²) in [6.07, 6.45) is 0. The second kappa shape index (κ2) is 5.13. The van der Waals surface area contributed by atoms with E-state index < -0.39 is 5.82 Å². The van der Waals surface area contributed by atoms with Crippen molar-refractivity contribution in [3.8, 4) is 0 Å². The van der Waals surface area contributed by atoms with Gasteiger partial charge in [-0.05, 0) is 36.4 Å². The SMILES string of the molecule is Cn1c(=O)c2cc(C(=O)c3ccc(F)cc3)nn2c2ccccc21. The summed E-state index contributed by atoms with van der Waals surface area (Å²) in [6.45, 7) is 0. The van der Waals surface area contributed by atoms with E-state index in [1.54, 1.807) is 7.05 Å². The fraction of sp³-hybridized carbons (Fsp3) is 0.0556. The number of carbonyl (C=O) groups is 1. The zero-order valence-electron chi connectivity index (χ0n) is 12.7. The number of hydrogen-bond acceptors (Lipinski definition) is 3. The van der Waals surface area contributed by atoms with Crippen LogP contribution in [0.1, 0.15) is 16.1 Å². The highest BCUT2D eigenvalue weighted by atomic mass is 19.1. The van der Waals surface area contributed by atoms with E-state index in [0.29, 0.717) is 11.1 Å². The van der Waals surface area contributed by atoms with E-state index >= 15 is 0 Å². The molecule has 0 unspecified atom stereocenters. The lowest BCUT2D eigenvalue weighted by Gasteiger charge is -2.06. The van der Waals surface area contributed by atoms with E-state index in [1.807, 2.05) is 24.3 Å². The minimum atomic E-state index is -0.415. The molecule has 4 aromatic rings. The molecular weight excluding hydrogens is 309 g/mol. The zero-order chi connectivity index (χ0) is 16.8. The van der Waals surface area contributed by atoms with Crippen LogP contribution < -0.4 is 5.56 Å². The third kappa shape index (κ3) is 2.04. The minimum Gasteiger partial charge on any atom is -0.308 e. The van der Waals surface area contributed by atoms with E-state index in [2.05, 4.69) is 5.10 Å². The summed E-state index contributed by atoms with van der Waals surface area (Å²) in [4.78, 5) is 25.1. The molecule has 0 spiro atoms. The van der Waals surface area contributed by atoms with E-state index in [0.717, 1.165) is 11.0 Å². The summed E-state index contributed by atoms with van der Waals surface area (Å²) in [6, 6.07) is 14.0. The number of rotatable bonds is 2. The van der Waals surface area contributed by atoms with Gasteiger partial charge in [-0.3, -0.25) is 9.59 Å². The van der Waals surface area contributed by atoms with Crippen molar-refractivity contribution in [2.75, 3.05) is 0 Å². The maximum Gasteiger partial charge on any atom is 0.276 e. The van der Waals surface area contributed by atoms with Crippen molar-refractivity contribution in [2.24, 2.45) is 7.05 Å². The highest BCUT2D eigenvalue weighted by molar-refractivity contribution is 6.08. The van der Waals surface area contributed by atoms with Gasteiger partial charge in [0.05, 0.1) is 11.0 Å². The molecule has 5 nitrogen and oxygen atoms in total. The fourth-order valence-electron chi connectivity index (χ4n) is 2.79. The third-order valence-electron chi connectivity index (χ3n) is 4.04. The van der Waals surface area contributed by atoms with Gasteiger partial charge < -0.3 is 4.57 Å². The van der Waals surface area contributed by atoms with Crippen molar-refractivity contribution in [1.29, 1.82) is 0 Å². The highest BCUT2D eigenvalue weighted by Crippen LogP contribution is 2.16. The van der Waals surface area contributed by atoms with Gasteiger partial charge in [-0.25, -0.2) is 8.91 Å². The van der Waals surface area contributed by atoms with Crippen molar-refractivity contribution in [2.45, 2.75) is 0 Å².